The molecule has 2 nitrogen and oxygen atoms in total. The molecule has 2 aliphatic rings. The number of rotatable bonds is 0. The quantitative estimate of drug-likeness (QED) is 0.121. The summed E-state index contributed by atoms with van der Waals surface area (Å²) in [5, 5.41) is 7.47. The van der Waals surface area contributed by atoms with Crippen molar-refractivity contribution in [3.05, 3.63) is 119 Å². The van der Waals surface area contributed by atoms with Gasteiger partial charge in [0.25, 0.3) is 0 Å². The van der Waals surface area contributed by atoms with E-state index in [9.17, 15) is 0 Å². The Morgan fingerprint density at radius 2 is 1.32 bits per heavy atom. The van der Waals surface area contributed by atoms with Crippen LogP contribution in [0.3, 0.4) is 0 Å². The fourth-order valence-corrected chi connectivity index (χ4v) is 7.65. The van der Waals surface area contributed by atoms with Crippen LogP contribution in [0.5, 0.6) is 0 Å². The number of hydrogen-bond donors (Lipinski definition) is 0. The maximum Gasteiger partial charge on any atom is 1.00 e. The Morgan fingerprint density at radius 1 is 0.634 bits per heavy atom. The summed E-state index contributed by atoms with van der Waals surface area (Å²) in [6, 6.07) is 35.3. The Bertz CT molecular complexity index is 2150. The molecule has 5 aromatic carbocycles. The zero-order valence-electron chi connectivity index (χ0n) is 24.4. The fourth-order valence-electron chi connectivity index (χ4n) is 7.65. The van der Waals surface area contributed by atoms with Crippen LogP contribution in [0, 0.1) is 26.8 Å². The van der Waals surface area contributed by atoms with Crippen molar-refractivity contribution in [1.82, 2.24) is 4.57 Å². The number of para-hydroxylation sites is 1. The molecule has 0 fully saturated rings. The topological polar surface area (TPSA) is 8.17 Å². The van der Waals surface area contributed by atoms with E-state index in [0.29, 0.717) is 0 Å². The summed E-state index contributed by atoms with van der Waals surface area (Å²) in [4.78, 5) is 2.63. The first-order valence-electron chi connectivity index (χ1n) is 14.4. The summed E-state index contributed by atoms with van der Waals surface area (Å²) in [6.45, 7) is 14.0. The Balaban J connectivity index is 0.00000276. The van der Waals surface area contributed by atoms with Gasteiger partial charge in [-0.05, 0) is 60.9 Å². The standard InChI is InChI=1S/C38H33N2.Ru/c1-22-18-19-30-28-15-9-7-13-26(28)27-14-8-10-16-29(27)31-20-21-33-37-36(31)40(35(30)24(22)3)25(4)39(37)34-23(2)12-11-17-32(34)38(33,5)6;/h7-14,16-21,25H,1-6H3;/q-1;+1/t25-;/m1./s1. The molecule has 0 saturated heterocycles. The molecule has 2 aliphatic heterocycles. The first-order valence-corrected chi connectivity index (χ1v) is 14.4. The average molecular weight is 619 g/mol. The van der Waals surface area contributed by atoms with Crippen LogP contribution in [-0.2, 0) is 24.9 Å². The second-order valence-electron chi connectivity index (χ2n) is 12.2. The zero-order valence-corrected chi connectivity index (χ0v) is 26.1. The smallest absolute Gasteiger partial charge is 0.326 e. The van der Waals surface area contributed by atoms with Crippen molar-refractivity contribution < 1.29 is 19.5 Å². The first-order chi connectivity index (χ1) is 19.3. The van der Waals surface area contributed by atoms with Gasteiger partial charge in [0.05, 0.1) is 16.9 Å². The predicted octanol–water partition coefficient (Wildman–Crippen LogP) is 10.3. The summed E-state index contributed by atoms with van der Waals surface area (Å²) in [6.07, 6.45) is 0.0996. The number of anilines is 2. The van der Waals surface area contributed by atoms with Crippen LogP contribution in [0.15, 0.2) is 84.9 Å². The number of aryl methyl sites for hydroxylation is 3. The van der Waals surface area contributed by atoms with Gasteiger partial charge in [0.1, 0.15) is 6.17 Å². The molecule has 1 aromatic heterocycles. The Morgan fingerprint density at radius 3 is 2.10 bits per heavy atom. The van der Waals surface area contributed by atoms with E-state index < -0.39 is 0 Å². The first kappa shape index (κ1) is 26.2. The van der Waals surface area contributed by atoms with Crippen molar-refractivity contribution in [2.45, 2.75) is 53.1 Å². The summed E-state index contributed by atoms with van der Waals surface area (Å²) >= 11 is 0. The van der Waals surface area contributed by atoms with E-state index >= 15 is 0 Å². The molecule has 0 aliphatic carbocycles. The normalized spacial score (nSPS) is 16.2. The fraction of sp³-hybridized carbons (Fsp3) is 0.211. The minimum atomic E-state index is -0.114. The van der Waals surface area contributed by atoms with Crippen molar-refractivity contribution >= 4 is 54.7 Å². The molecule has 3 heteroatoms. The zero-order chi connectivity index (χ0) is 27.5. The maximum atomic E-state index is 3.68. The van der Waals surface area contributed by atoms with E-state index in [4.69, 9.17) is 0 Å². The van der Waals surface area contributed by atoms with Gasteiger partial charge in [-0.2, -0.15) is 0 Å². The molecule has 0 bridgehead atoms. The molecule has 1 atom stereocenters. The number of fused-ring (bicyclic) bond motifs is 9. The Kier molecular flexibility index (Phi) is 5.70. The molecule has 0 spiro atoms. The van der Waals surface area contributed by atoms with E-state index in [0.717, 1.165) is 0 Å². The van der Waals surface area contributed by atoms with Crippen LogP contribution in [0.1, 0.15) is 54.8 Å². The summed E-state index contributed by atoms with van der Waals surface area (Å²) < 4.78 is 2.65. The molecule has 0 saturated carbocycles. The molecule has 0 N–H and O–H groups in total. The number of benzene rings is 5. The van der Waals surface area contributed by atoms with Crippen molar-refractivity contribution in [1.29, 1.82) is 0 Å². The van der Waals surface area contributed by atoms with Gasteiger partial charge in [0, 0.05) is 16.3 Å². The van der Waals surface area contributed by atoms with Crippen LogP contribution in [0.25, 0.3) is 43.4 Å². The molecule has 8 rings (SSSR count). The van der Waals surface area contributed by atoms with Gasteiger partial charge in [-0.15, -0.1) is 35.0 Å². The summed E-state index contributed by atoms with van der Waals surface area (Å²) in [5.41, 5.74) is 12.0. The minimum absolute atomic E-state index is 0. The van der Waals surface area contributed by atoms with Gasteiger partial charge < -0.3 is 9.47 Å². The van der Waals surface area contributed by atoms with E-state index in [1.54, 1.807) is 0 Å². The molecule has 0 unspecified atom stereocenters. The second-order valence-corrected chi connectivity index (χ2v) is 12.2. The molecular weight excluding hydrogens is 586 g/mol. The van der Waals surface area contributed by atoms with Gasteiger partial charge >= 0.3 is 19.5 Å². The van der Waals surface area contributed by atoms with Gasteiger partial charge in [-0.1, -0.05) is 91.3 Å². The van der Waals surface area contributed by atoms with Crippen molar-refractivity contribution in [3.63, 3.8) is 0 Å². The number of nitrogens with zero attached hydrogens (tertiary/aromatic N) is 2. The van der Waals surface area contributed by atoms with Gasteiger partial charge in [0.2, 0.25) is 0 Å². The number of hydrogen-bond acceptors (Lipinski definition) is 1. The number of aromatic nitrogens is 1. The molecule has 41 heavy (non-hydrogen) atoms. The summed E-state index contributed by atoms with van der Waals surface area (Å²) in [5.74, 6) is 0. The molecule has 1 radical (unpaired) electrons. The minimum Gasteiger partial charge on any atom is -0.326 e. The van der Waals surface area contributed by atoms with Crippen molar-refractivity contribution in [3.8, 4) is 0 Å². The Hall–Kier alpha value is -3.68. The molecule has 6 aromatic rings. The molecule has 0 amide bonds. The average Bonchev–Trinajstić information content (AvgIpc) is 3.26. The molecular formula is C38H33N2Ru. The van der Waals surface area contributed by atoms with Crippen molar-refractivity contribution in [2.24, 2.45) is 0 Å². The van der Waals surface area contributed by atoms with Gasteiger partial charge in [-0.3, -0.25) is 0 Å². The van der Waals surface area contributed by atoms with E-state index in [1.165, 1.54) is 82.5 Å². The van der Waals surface area contributed by atoms with Gasteiger partial charge in [-0.25, -0.2) is 0 Å². The van der Waals surface area contributed by atoms with Crippen LogP contribution in [0.2, 0.25) is 0 Å². The SMILES string of the molecule is Cc1cccc2c1N1c3c(ccc4c5ccccc5c5ccc[c-]c5c5ccc(C)c(C)c5n(c34)[C@@H]1C)C2(C)C.[Ru+]. The third-order valence-electron chi connectivity index (χ3n) is 9.78. The predicted molar refractivity (Wildman–Crippen MR) is 171 cm³/mol. The summed E-state index contributed by atoms with van der Waals surface area (Å²) in [7, 11) is 0. The van der Waals surface area contributed by atoms with E-state index in [1.807, 2.05) is 0 Å². The largest absolute Gasteiger partial charge is 1.00 e. The third kappa shape index (κ3) is 3.27. The molecule has 3 heterocycles. The van der Waals surface area contributed by atoms with Crippen LogP contribution in [-0.4, -0.2) is 4.57 Å². The van der Waals surface area contributed by atoms with E-state index in [2.05, 4.69) is 142 Å². The van der Waals surface area contributed by atoms with Crippen molar-refractivity contribution in [2.75, 3.05) is 4.90 Å². The van der Waals surface area contributed by atoms with Crippen LogP contribution in [0.4, 0.5) is 11.4 Å². The van der Waals surface area contributed by atoms with Gasteiger partial charge in [0.15, 0.2) is 0 Å². The maximum absolute atomic E-state index is 3.68. The Labute approximate surface area is 254 Å². The second kappa shape index (κ2) is 8.91. The monoisotopic (exact) mass is 619 g/mol. The molecule has 203 valence electrons. The third-order valence-corrected chi connectivity index (χ3v) is 9.78. The van der Waals surface area contributed by atoms with Crippen LogP contribution < -0.4 is 4.90 Å². The van der Waals surface area contributed by atoms with E-state index in [-0.39, 0.29) is 31.1 Å². The van der Waals surface area contributed by atoms with Crippen LogP contribution >= 0.6 is 0 Å².